The number of anilines is 1. The Hall–Kier alpha value is -1.33. The smallest absolute Gasteiger partial charge is 0.253 e. The molecule has 0 amide bonds. The predicted molar refractivity (Wildman–Crippen MR) is 54.7 cm³/mol. The summed E-state index contributed by atoms with van der Waals surface area (Å²) in [7, 11) is 0. The summed E-state index contributed by atoms with van der Waals surface area (Å²) in [6.07, 6.45) is 1.96. The molecule has 94 valence electrons. The summed E-state index contributed by atoms with van der Waals surface area (Å²) in [5.74, 6) is -5.70. The van der Waals surface area contributed by atoms with Gasteiger partial charge in [0, 0.05) is 13.1 Å². The molecule has 0 aromatic carbocycles. The zero-order valence-corrected chi connectivity index (χ0v) is 9.31. The first-order valence-corrected chi connectivity index (χ1v) is 5.49. The largest absolute Gasteiger partial charge is 0.367 e. The molecule has 0 radical (unpaired) electrons. The molecule has 1 heterocycles. The maximum absolute atomic E-state index is 13.5. The van der Waals surface area contributed by atoms with Crippen molar-refractivity contribution in [2.24, 2.45) is 5.92 Å². The molecule has 0 atom stereocenters. The van der Waals surface area contributed by atoms with Crippen LogP contribution in [0.15, 0.2) is 0 Å². The Balaban J connectivity index is 2.39. The molecule has 6 heteroatoms. The summed E-state index contributed by atoms with van der Waals surface area (Å²) >= 11 is 0. The van der Waals surface area contributed by atoms with Crippen LogP contribution in [0.1, 0.15) is 19.8 Å². The lowest BCUT2D eigenvalue weighted by Gasteiger charge is -2.23. The lowest BCUT2D eigenvalue weighted by atomic mass is 10.2. The lowest BCUT2D eigenvalue weighted by Crippen LogP contribution is -2.28. The van der Waals surface area contributed by atoms with Gasteiger partial charge in [-0.25, -0.2) is 0 Å². The Kier molecular flexibility index (Phi) is 3.22. The van der Waals surface area contributed by atoms with E-state index in [4.69, 9.17) is 0 Å². The van der Waals surface area contributed by atoms with Gasteiger partial charge in [0.2, 0.25) is 11.6 Å². The van der Waals surface area contributed by atoms with Crippen molar-refractivity contribution in [2.45, 2.75) is 19.8 Å². The molecule has 1 fully saturated rings. The SMILES string of the molecule is CCN(CC1CC1)c1c(F)c(F)nc(F)c1F. The van der Waals surface area contributed by atoms with E-state index in [0.29, 0.717) is 12.5 Å². The number of aromatic nitrogens is 1. The van der Waals surface area contributed by atoms with Crippen LogP contribution in [0.3, 0.4) is 0 Å². The van der Waals surface area contributed by atoms with E-state index in [1.165, 1.54) is 4.90 Å². The van der Waals surface area contributed by atoms with Crippen molar-refractivity contribution in [3.8, 4) is 0 Å². The van der Waals surface area contributed by atoms with Crippen molar-refractivity contribution in [3.05, 3.63) is 23.5 Å². The van der Waals surface area contributed by atoms with Crippen molar-refractivity contribution in [1.82, 2.24) is 4.98 Å². The highest BCUT2D eigenvalue weighted by molar-refractivity contribution is 5.48. The summed E-state index contributed by atoms with van der Waals surface area (Å²) in [6, 6.07) is 0. The number of halogens is 4. The number of pyridine rings is 1. The highest BCUT2D eigenvalue weighted by Gasteiger charge is 2.29. The average molecular weight is 248 g/mol. The van der Waals surface area contributed by atoms with Gasteiger partial charge in [0.1, 0.15) is 5.69 Å². The van der Waals surface area contributed by atoms with Crippen LogP contribution in [0.25, 0.3) is 0 Å². The van der Waals surface area contributed by atoms with Crippen LogP contribution in [-0.2, 0) is 0 Å². The van der Waals surface area contributed by atoms with E-state index in [0.717, 1.165) is 12.8 Å². The minimum absolute atomic E-state index is 0.285. The van der Waals surface area contributed by atoms with Crippen molar-refractivity contribution in [2.75, 3.05) is 18.0 Å². The van der Waals surface area contributed by atoms with E-state index in [1.807, 2.05) is 0 Å². The van der Waals surface area contributed by atoms with Gasteiger partial charge in [-0.05, 0) is 25.7 Å². The van der Waals surface area contributed by atoms with Gasteiger partial charge in [0.25, 0.3) is 11.9 Å². The molecule has 2 nitrogen and oxygen atoms in total. The topological polar surface area (TPSA) is 16.1 Å². The average Bonchev–Trinajstić information content (AvgIpc) is 3.09. The van der Waals surface area contributed by atoms with Crippen LogP contribution in [0, 0.1) is 29.4 Å². The predicted octanol–water partition coefficient (Wildman–Crippen LogP) is 2.87. The molecule has 1 saturated carbocycles. The van der Waals surface area contributed by atoms with E-state index < -0.39 is 29.2 Å². The molecular formula is C11H12F4N2. The van der Waals surface area contributed by atoms with E-state index >= 15 is 0 Å². The molecule has 0 N–H and O–H groups in total. The third-order valence-corrected chi connectivity index (χ3v) is 2.85. The van der Waals surface area contributed by atoms with Crippen LogP contribution in [0.2, 0.25) is 0 Å². The molecular weight excluding hydrogens is 236 g/mol. The van der Waals surface area contributed by atoms with Gasteiger partial charge in [-0.15, -0.1) is 0 Å². The quantitative estimate of drug-likeness (QED) is 0.601. The molecule has 0 spiro atoms. The van der Waals surface area contributed by atoms with Gasteiger partial charge in [0.15, 0.2) is 0 Å². The van der Waals surface area contributed by atoms with E-state index in [2.05, 4.69) is 4.98 Å². The first-order chi connectivity index (χ1) is 8.04. The van der Waals surface area contributed by atoms with Gasteiger partial charge in [-0.1, -0.05) is 0 Å². The standard InChI is InChI=1S/C11H12F4N2/c1-2-17(5-6-3-4-6)9-7(12)10(14)16-11(15)8(9)13/h6H,2-5H2,1H3. The Morgan fingerprint density at radius 2 is 1.65 bits per heavy atom. The third kappa shape index (κ3) is 2.35. The van der Waals surface area contributed by atoms with Crippen LogP contribution in [0.5, 0.6) is 0 Å². The summed E-state index contributed by atoms with van der Waals surface area (Å²) in [6.45, 7) is 2.37. The van der Waals surface area contributed by atoms with Crippen molar-refractivity contribution in [3.63, 3.8) is 0 Å². The molecule has 1 aromatic rings. The zero-order valence-electron chi connectivity index (χ0n) is 9.31. The Bertz CT molecular complexity index is 406. The number of hydrogen-bond acceptors (Lipinski definition) is 2. The second-order valence-corrected chi connectivity index (χ2v) is 4.15. The van der Waals surface area contributed by atoms with Gasteiger partial charge >= 0.3 is 0 Å². The zero-order chi connectivity index (χ0) is 12.6. The molecule has 2 rings (SSSR count). The highest BCUT2D eigenvalue weighted by Crippen LogP contribution is 2.33. The fourth-order valence-corrected chi connectivity index (χ4v) is 1.74. The van der Waals surface area contributed by atoms with Crippen LogP contribution < -0.4 is 4.90 Å². The lowest BCUT2D eigenvalue weighted by molar-refractivity contribution is 0.405. The Labute approximate surface area is 96.3 Å². The van der Waals surface area contributed by atoms with E-state index in [-0.39, 0.29) is 6.54 Å². The van der Waals surface area contributed by atoms with Gasteiger partial charge in [-0.2, -0.15) is 22.5 Å². The van der Waals surface area contributed by atoms with Gasteiger partial charge < -0.3 is 4.90 Å². The third-order valence-electron chi connectivity index (χ3n) is 2.85. The van der Waals surface area contributed by atoms with Crippen LogP contribution in [0.4, 0.5) is 23.2 Å². The first-order valence-electron chi connectivity index (χ1n) is 5.49. The second kappa shape index (κ2) is 4.50. The molecule has 0 aliphatic heterocycles. The Morgan fingerprint density at radius 1 is 1.12 bits per heavy atom. The van der Waals surface area contributed by atoms with Crippen LogP contribution >= 0.6 is 0 Å². The maximum atomic E-state index is 13.5. The molecule has 1 aromatic heterocycles. The summed E-state index contributed by atoms with van der Waals surface area (Å²) < 4.78 is 52.8. The molecule has 0 bridgehead atoms. The highest BCUT2D eigenvalue weighted by atomic mass is 19.2. The number of hydrogen-bond donors (Lipinski definition) is 0. The summed E-state index contributed by atoms with van der Waals surface area (Å²) in [4.78, 5) is 3.85. The fourth-order valence-electron chi connectivity index (χ4n) is 1.74. The second-order valence-electron chi connectivity index (χ2n) is 4.15. The molecule has 17 heavy (non-hydrogen) atoms. The molecule has 0 saturated heterocycles. The van der Waals surface area contributed by atoms with Crippen molar-refractivity contribution in [1.29, 1.82) is 0 Å². The fraction of sp³-hybridized carbons (Fsp3) is 0.545. The Morgan fingerprint density at radius 3 is 2.06 bits per heavy atom. The molecule has 1 aliphatic carbocycles. The normalized spacial score (nSPS) is 15.1. The monoisotopic (exact) mass is 248 g/mol. The van der Waals surface area contributed by atoms with Gasteiger partial charge in [-0.3, -0.25) is 0 Å². The number of rotatable bonds is 4. The number of nitrogens with zero attached hydrogens (tertiary/aromatic N) is 2. The maximum Gasteiger partial charge on any atom is 0.253 e. The minimum Gasteiger partial charge on any atom is -0.367 e. The van der Waals surface area contributed by atoms with Crippen molar-refractivity contribution < 1.29 is 17.6 Å². The van der Waals surface area contributed by atoms with Crippen LogP contribution in [-0.4, -0.2) is 18.1 Å². The van der Waals surface area contributed by atoms with Gasteiger partial charge in [0.05, 0.1) is 0 Å². The summed E-state index contributed by atoms with van der Waals surface area (Å²) in [5.41, 5.74) is -0.649. The van der Waals surface area contributed by atoms with Crippen molar-refractivity contribution >= 4 is 5.69 Å². The molecule has 0 unspecified atom stereocenters. The minimum atomic E-state index is -1.60. The van der Waals surface area contributed by atoms with E-state index in [1.54, 1.807) is 6.92 Å². The molecule has 1 aliphatic rings. The first kappa shape index (κ1) is 12.1. The summed E-state index contributed by atoms with van der Waals surface area (Å²) in [5, 5.41) is 0. The van der Waals surface area contributed by atoms with E-state index in [9.17, 15) is 17.6 Å².